The highest BCUT2D eigenvalue weighted by atomic mass is 16.1. The number of piperazine rings is 1. The van der Waals surface area contributed by atoms with Crippen LogP contribution in [0.25, 0.3) is 0 Å². The molecule has 0 aliphatic carbocycles. The number of amides is 1. The Morgan fingerprint density at radius 2 is 1.84 bits per heavy atom. The monoisotopic (exact) mass is 262 g/mol. The first-order chi connectivity index (χ1) is 9.00. The molecule has 1 aromatic carbocycles. The van der Waals surface area contributed by atoms with Crippen LogP contribution in [0.1, 0.15) is 24.2 Å². The molecule has 0 aromatic heterocycles. The van der Waals surface area contributed by atoms with Crippen molar-refractivity contribution in [3.63, 3.8) is 0 Å². The molecule has 1 heterocycles. The average molecular weight is 262 g/mol. The predicted molar refractivity (Wildman–Crippen MR) is 78.3 cm³/mol. The zero-order chi connectivity index (χ0) is 14.0. The van der Waals surface area contributed by atoms with Gasteiger partial charge in [-0.2, -0.15) is 0 Å². The summed E-state index contributed by atoms with van der Waals surface area (Å²) < 4.78 is 0. The third-order valence-corrected chi connectivity index (χ3v) is 3.69. The van der Waals surface area contributed by atoms with Gasteiger partial charge in [0.25, 0.3) is 5.91 Å². The fraction of sp³-hybridized carbons (Fsp3) is 0.500. The third kappa shape index (κ3) is 2.81. The Balaban J connectivity index is 2.22. The number of nitrogens with zero attached hydrogens (tertiary/aromatic N) is 2. The molecule has 0 unspecified atom stereocenters. The summed E-state index contributed by atoms with van der Waals surface area (Å²) in [7, 11) is 0. The minimum absolute atomic E-state index is 0.423. The molecule has 104 valence electrons. The lowest BCUT2D eigenvalue weighted by Gasteiger charge is -2.39. The van der Waals surface area contributed by atoms with Gasteiger partial charge in [0.05, 0.1) is 16.9 Å². The highest BCUT2D eigenvalue weighted by molar-refractivity contribution is 6.01. The van der Waals surface area contributed by atoms with Gasteiger partial charge in [0, 0.05) is 32.2 Å². The number of hydrogen-bond donors (Lipinski definition) is 2. The summed E-state index contributed by atoms with van der Waals surface area (Å²) in [4.78, 5) is 16.1. The van der Waals surface area contributed by atoms with E-state index in [-0.39, 0.29) is 0 Å². The van der Waals surface area contributed by atoms with Gasteiger partial charge in [0.15, 0.2) is 0 Å². The molecular formula is C14H22N4O. The van der Waals surface area contributed by atoms with Crippen LogP contribution in [-0.2, 0) is 0 Å². The molecule has 5 heteroatoms. The van der Waals surface area contributed by atoms with E-state index in [9.17, 15) is 4.79 Å². The second-order valence-corrected chi connectivity index (χ2v) is 5.22. The molecule has 5 nitrogen and oxygen atoms in total. The first kappa shape index (κ1) is 13.7. The Labute approximate surface area is 114 Å². The van der Waals surface area contributed by atoms with Crippen molar-refractivity contribution in [3.8, 4) is 0 Å². The average Bonchev–Trinajstić information content (AvgIpc) is 2.38. The van der Waals surface area contributed by atoms with E-state index in [0.717, 1.165) is 31.9 Å². The molecule has 1 fully saturated rings. The lowest BCUT2D eigenvalue weighted by atomic mass is 10.1. The molecular weight excluding hydrogens is 240 g/mol. The van der Waals surface area contributed by atoms with E-state index >= 15 is 0 Å². The molecule has 1 amide bonds. The van der Waals surface area contributed by atoms with Crippen molar-refractivity contribution in [3.05, 3.63) is 23.8 Å². The summed E-state index contributed by atoms with van der Waals surface area (Å²) in [6.07, 6.45) is 0. The largest absolute Gasteiger partial charge is 0.397 e. The Morgan fingerprint density at radius 3 is 2.37 bits per heavy atom. The fourth-order valence-corrected chi connectivity index (χ4v) is 2.58. The van der Waals surface area contributed by atoms with Gasteiger partial charge in [-0.1, -0.05) is 6.07 Å². The second-order valence-electron chi connectivity index (χ2n) is 5.22. The van der Waals surface area contributed by atoms with Crippen molar-refractivity contribution in [2.24, 2.45) is 5.73 Å². The first-order valence-electron chi connectivity index (χ1n) is 6.68. The summed E-state index contributed by atoms with van der Waals surface area (Å²) in [5, 5.41) is 0. The van der Waals surface area contributed by atoms with E-state index in [1.54, 1.807) is 12.1 Å². The molecule has 1 aliphatic rings. The number of carbonyl (C=O) groups excluding carboxylic acids is 1. The number of primary amides is 1. The van der Waals surface area contributed by atoms with Crippen molar-refractivity contribution in [2.45, 2.75) is 19.9 Å². The van der Waals surface area contributed by atoms with E-state index in [4.69, 9.17) is 11.5 Å². The molecule has 1 saturated heterocycles. The van der Waals surface area contributed by atoms with Gasteiger partial charge in [-0.3, -0.25) is 9.69 Å². The molecule has 0 atom stereocenters. The molecule has 2 rings (SSSR count). The van der Waals surface area contributed by atoms with Crippen LogP contribution in [0.4, 0.5) is 11.4 Å². The van der Waals surface area contributed by atoms with E-state index in [1.165, 1.54) is 0 Å². The Morgan fingerprint density at radius 1 is 1.21 bits per heavy atom. The van der Waals surface area contributed by atoms with Gasteiger partial charge >= 0.3 is 0 Å². The van der Waals surface area contributed by atoms with Gasteiger partial charge in [-0.25, -0.2) is 0 Å². The van der Waals surface area contributed by atoms with E-state index in [2.05, 4.69) is 23.6 Å². The summed E-state index contributed by atoms with van der Waals surface area (Å²) in [5.74, 6) is -0.423. The van der Waals surface area contributed by atoms with E-state index < -0.39 is 5.91 Å². The van der Waals surface area contributed by atoms with Crippen LogP contribution in [0.15, 0.2) is 18.2 Å². The molecule has 0 radical (unpaired) electrons. The highest BCUT2D eigenvalue weighted by Gasteiger charge is 2.23. The highest BCUT2D eigenvalue weighted by Crippen LogP contribution is 2.28. The quantitative estimate of drug-likeness (QED) is 0.794. The summed E-state index contributed by atoms with van der Waals surface area (Å²) >= 11 is 0. The standard InChI is InChI=1S/C14H22N4O/c1-10(2)17-6-8-18(9-7-17)13-11(14(16)19)4-3-5-12(13)15/h3-5,10H,6-9,15H2,1-2H3,(H2,16,19). The van der Waals surface area contributed by atoms with E-state index in [0.29, 0.717) is 17.3 Å². The minimum Gasteiger partial charge on any atom is -0.397 e. The van der Waals surface area contributed by atoms with Crippen LogP contribution in [0, 0.1) is 0 Å². The van der Waals surface area contributed by atoms with Crippen LogP contribution in [0.2, 0.25) is 0 Å². The van der Waals surface area contributed by atoms with Crippen LogP contribution < -0.4 is 16.4 Å². The molecule has 0 saturated carbocycles. The maximum atomic E-state index is 11.5. The normalized spacial score (nSPS) is 16.9. The van der Waals surface area contributed by atoms with Crippen LogP contribution in [-0.4, -0.2) is 43.0 Å². The zero-order valence-electron chi connectivity index (χ0n) is 11.6. The van der Waals surface area contributed by atoms with Crippen LogP contribution in [0.5, 0.6) is 0 Å². The number of benzene rings is 1. The summed E-state index contributed by atoms with van der Waals surface area (Å²) in [6.45, 7) is 8.08. The SMILES string of the molecule is CC(C)N1CCN(c2c(N)cccc2C(N)=O)CC1. The Kier molecular flexibility index (Phi) is 3.95. The Bertz CT molecular complexity index is 465. The van der Waals surface area contributed by atoms with Gasteiger partial charge in [-0.15, -0.1) is 0 Å². The molecule has 0 spiro atoms. The lowest BCUT2D eigenvalue weighted by molar-refractivity contribution is 0.100. The maximum Gasteiger partial charge on any atom is 0.250 e. The van der Waals surface area contributed by atoms with Gasteiger partial charge in [0.2, 0.25) is 0 Å². The van der Waals surface area contributed by atoms with E-state index in [1.807, 2.05) is 6.07 Å². The maximum absolute atomic E-state index is 11.5. The third-order valence-electron chi connectivity index (χ3n) is 3.69. The van der Waals surface area contributed by atoms with Crippen LogP contribution in [0.3, 0.4) is 0 Å². The fourth-order valence-electron chi connectivity index (χ4n) is 2.58. The van der Waals surface area contributed by atoms with Crippen LogP contribution >= 0.6 is 0 Å². The topological polar surface area (TPSA) is 75.6 Å². The van der Waals surface area contributed by atoms with Crippen molar-refractivity contribution in [1.29, 1.82) is 0 Å². The lowest BCUT2D eigenvalue weighted by Crippen LogP contribution is -2.49. The van der Waals surface area contributed by atoms with Crippen molar-refractivity contribution >= 4 is 17.3 Å². The van der Waals surface area contributed by atoms with Gasteiger partial charge in [0.1, 0.15) is 0 Å². The smallest absolute Gasteiger partial charge is 0.250 e. The number of hydrogen-bond acceptors (Lipinski definition) is 4. The summed E-state index contributed by atoms with van der Waals surface area (Å²) in [6, 6.07) is 5.87. The number of nitrogen functional groups attached to an aromatic ring is 1. The first-order valence-corrected chi connectivity index (χ1v) is 6.68. The molecule has 4 N–H and O–H groups in total. The molecule has 1 aliphatic heterocycles. The van der Waals surface area contributed by atoms with Crippen molar-refractivity contribution in [1.82, 2.24) is 4.90 Å². The molecule has 0 bridgehead atoms. The van der Waals surface area contributed by atoms with Crippen molar-refractivity contribution in [2.75, 3.05) is 36.8 Å². The molecule has 19 heavy (non-hydrogen) atoms. The number of anilines is 2. The summed E-state index contributed by atoms with van der Waals surface area (Å²) in [5.41, 5.74) is 13.4. The number of carbonyl (C=O) groups is 1. The molecule has 1 aromatic rings. The van der Waals surface area contributed by atoms with Gasteiger partial charge in [-0.05, 0) is 26.0 Å². The predicted octanol–water partition coefficient (Wildman–Crippen LogP) is 0.898. The second kappa shape index (κ2) is 5.48. The van der Waals surface area contributed by atoms with Gasteiger partial charge < -0.3 is 16.4 Å². The Hall–Kier alpha value is -1.75. The van der Waals surface area contributed by atoms with Crippen molar-refractivity contribution < 1.29 is 4.79 Å². The number of nitrogens with two attached hydrogens (primary N) is 2. The zero-order valence-corrected chi connectivity index (χ0v) is 11.6. The number of rotatable bonds is 3. The minimum atomic E-state index is -0.423. The number of para-hydroxylation sites is 1.